The number of hydrogen-bond donors (Lipinski definition) is 1. The Balaban J connectivity index is 2.48. The predicted octanol–water partition coefficient (Wildman–Crippen LogP) is 2.02. The lowest BCUT2D eigenvalue weighted by atomic mass is 9.60. The monoisotopic (exact) mass is 141 g/mol. The fraction of sp³-hybridized carbons (Fsp3) is 1.00. The Kier molecular flexibility index (Phi) is 1.80. The summed E-state index contributed by atoms with van der Waals surface area (Å²) < 4.78 is 0. The molecule has 0 saturated heterocycles. The smallest absolute Gasteiger partial charge is 0.00703 e. The highest BCUT2D eigenvalue weighted by Crippen LogP contribution is 2.44. The number of rotatable bonds is 0. The van der Waals surface area contributed by atoms with E-state index in [2.05, 4.69) is 27.7 Å². The molecule has 0 aliphatic heterocycles. The summed E-state index contributed by atoms with van der Waals surface area (Å²) in [5.74, 6) is 1.59. The van der Waals surface area contributed by atoms with Crippen LogP contribution in [0.25, 0.3) is 0 Å². The van der Waals surface area contributed by atoms with Crippen LogP contribution in [0.5, 0.6) is 0 Å². The van der Waals surface area contributed by atoms with E-state index in [1.54, 1.807) is 0 Å². The van der Waals surface area contributed by atoms with Gasteiger partial charge in [0.05, 0.1) is 0 Å². The summed E-state index contributed by atoms with van der Waals surface area (Å²) in [6, 6.07) is 0.476. The van der Waals surface area contributed by atoms with Crippen molar-refractivity contribution in [1.82, 2.24) is 0 Å². The highest BCUT2D eigenvalue weighted by atomic mass is 14.7. The molecule has 1 aliphatic rings. The molecule has 3 atom stereocenters. The molecule has 10 heavy (non-hydrogen) atoms. The summed E-state index contributed by atoms with van der Waals surface area (Å²) in [6.45, 7) is 9.18. The number of hydrogen-bond acceptors (Lipinski definition) is 1. The third-order valence-corrected chi connectivity index (χ3v) is 2.95. The van der Waals surface area contributed by atoms with E-state index in [9.17, 15) is 0 Å². The molecule has 1 saturated carbocycles. The van der Waals surface area contributed by atoms with Gasteiger partial charge in [0, 0.05) is 6.04 Å². The van der Waals surface area contributed by atoms with Gasteiger partial charge in [-0.2, -0.15) is 0 Å². The molecular formula is C9H19N. The van der Waals surface area contributed by atoms with Gasteiger partial charge in [0.1, 0.15) is 0 Å². The van der Waals surface area contributed by atoms with Crippen molar-refractivity contribution in [2.45, 2.75) is 40.2 Å². The summed E-state index contributed by atoms with van der Waals surface area (Å²) in [5.41, 5.74) is 6.28. The van der Waals surface area contributed by atoms with Gasteiger partial charge in [-0.05, 0) is 23.7 Å². The van der Waals surface area contributed by atoms with Crippen LogP contribution in [0.2, 0.25) is 0 Å². The van der Waals surface area contributed by atoms with Gasteiger partial charge in [-0.1, -0.05) is 27.7 Å². The zero-order valence-electron chi connectivity index (χ0n) is 7.52. The van der Waals surface area contributed by atoms with E-state index in [1.165, 1.54) is 6.42 Å². The fourth-order valence-electron chi connectivity index (χ4n) is 1.97. The van der Waals surface area contributed by atoms with Crippen LogP contribution in [0.15, 0.2) is 0 Å². The lowest BCUT2D eigenvalue weighted by Gasteiger charge is -2.48. The Morgan fingerprint density at radius 3 is 1.90 bits per heavy atom. The standard InChI is InChI=1S/C9H19N/c1-6-7(5-8(6)10)9(2,3)4/h6-8H,5,10H2,1-4H3. The van der Waals surface area contributed by atoms with Crippen LogP contribution in [0, 0.1) is 17.3 Å². The SMILES string of the molecule is CC1C(N)CC1C(C)(C)C. The molecule has 2 N–H and O–H groups in total. The first-order chi connectivity index (χ1) is 4.43. The molecule has 0 amide bonds. The van der Waals surface area contributed by atoms with Crippen molar-refractivity contribution in [1.29, 1.82) is 0 Å². The maximum Gasteiger partial charge on any atom is 0.00703 e. The Morgan fingerprint density at radius 2 is 1.80 bits per heavy atom. The third kappa shape index (κ3) is 1.20. The maximum absolute atomic E-state index is 5.81. The largest absolute Gasteiger partial charge is 0.327 e. The van der Waals surface area contributed by atoms with Gasteiger partial charge >= 0.3 is 0 Å². The molecule has 1 rings (SSSR count). The average molecular weight is 141 g/mol. The van der Waals surface area contributed by atoms with Crippen molar-refractivity contribution < 1.29 is 0 Å². The van der Waals surface area contributed by atoms with E-state index in [4.69, 9.17) is 5.73 Å². The molecule has 0 heterocycles. The molecule has 1 aliphatic carbocycles. The van der Waals surface area contributed by atoms with Crippen LogP contribution in [-0.2, 0) is 0 Å². The van der Waals surface area contributed by atoms with Crippen LogP contribution < -0.4 is 5.73 Å². The molecule has 0 aromatic carbocycles. The zero-order valence-corrected chi connectivity index (χ0v) is 7.52. The van der Waals surface area contributed by atoms with Crippen molar-refractivity contribution in [2.24, 2.45) is 23.0 Å². The average Bonchev–Trinajstić information content (AvgIpc) is 1.79. The van der Waals surface area contributed by atoms with Gasteiger partial charge in [0.2, 0.25) is 0 Å². The van der Waals surface area contributed by atoms with Crippen molar-refractivity contribution in [3.63, 3.8) is 0 Å². The zero-order chi connectivity index (χ0) is 7.94. The maximum atomic E-state index is 5.81. The Hall–Kier alpha value is -0.0400. The topological polar surface area (TPSA) is 26.0 Å². The molecule has 0 aromatic rings. The van der Waals surface area contributed by atoms with E-state index in [0.29, 0.717) is 11.5 Å². The van der Waals surface area contributed by atoms with Crippen molar-refractivity contribution >= 4 is 0 Å². The van der Waals surface area contributed by atoms with Gasteiger partial charge in [-0.3, -0.25) is 0 Å². The van der Waals surface area contributed by atoms with E-state index in [1.807, 2.05) is 0 Å². The van der Waals surface area contributed by atoms with E-state index >= 15 is 0 Å². The van der Waals surface area contributed by atoms with Gasteiger partial charge in [0.25, 0.3) is 0 Å². The van der Waals surface area contributed by atoms with Crippen molar-refractivity contribution in [3.8, 4) is 0 Å². The predicted molar refractivity (Wildman–Crippen MR) is 44.7 cm³/mol. The minimum atomic E-state index is 0.468. The highest BCUT2D eigenvalue weighted by molar-refractivity contribution is 4.94. The molecule has 0 aromatic heterocycles. The molecule has 1 fully saturated rings. The molecule has 0 spiro atoms. The van der Waals surface area contributed by atoms with Crippen LogP contribution in [0.1, 0.15) is 34.1 Å². The highest BCUT2D eigenvalue weighted by Gasteiger charge is 2.41. The first-order valence-corrected chi connectivity index (χ1v) is 4.18. The van der Waals surface area contributed by atoms with Crippen molar-refractivity contribution in [2.75, 3.05) is 0 Å². The van der Waals surface area contributed by atoms with Gasteiger partial charge in [-0.25, -0.2) is 0 Å². The summed E-state index contributed by atoms with van der Waals surface area (Å²) in [4.78, 5) is 0. The molecule has 1 nitrogen and oxygen atoms in total. The molecule has 0 bridgehead atoms. The number of nitrogens with two attached hydrogens (primary N) is 1. The summed E-state index contributed by atoms with van der Waals surface area (Å²) in [6.07, 6.45) is 1.23. The Bertz CT molecular complexity index is 123. The van der Waals surface area contributed by atoms with Crippen LogP contribution in [-0.4, -0.2) is 6.04 Å². The fourth-order valence-corrected chi connectivity index (χ4v) is 1.97. The molecular weight excluding hydrogens is 122 g/mol. The summed E-state index contributed by atoms with van der Waals surface area (Å²) >= 11 is 0. The quantitative estimate of drug-likeness (QED) is 0.548. The van der Waals surface area contributed by atoms with E-state index in [-0.39, 0.29) is 0 Å². The third-order valence-electron chi connectivity index (χ3n) is 2.95. The normalized spacial score (nSPS) is 41.1. The lowest BCUT2D eigenvalue weighted by molar-refractivity contribution is 0.0444. The first-order valence-electron chi connectivity index (χ1n) is 4.18. The van der Waals surface area contributed by atoms with Crippen LogP contribution in [0.4, 0.5) is 0 Å². The molecule has 60 valence electrons. The molecule has 3 unspecified atom stereocenters. The van der Waals surface area contributed by atoms with Crippen LogP contribution >= 0.6 is 0 Å². The first kappa shape index (κ1) is 8.06. The minimum absolute atomic E-state index is 0.468. The summed E-state index contributed by atoms with van der Waals surface area (Å²) in [7, 11) is 0. The second kappa shape index (κ2) is 2.23. The van der Waals surface area contributed by atoms with Gasteiger partial charge < -0.3 is 5.73 Å². The molecule has 0 radical (unpaired) electrons. The summed E-state index contributed by atoms with van der Waals surface area (Å²) in [5, 5.41) is 0. The Labute approximate surface area is 64.0 Å². The Morgan fingerprint density at radius 1 is 1.30 bits per heavy atom. The second-order valence-electron chi connectivity index (χ2n) is 4.73. The lowest BCUT2D eigenvalue weighted by Crippen LogP contribution is -2.50. The molecule has 1 heteroatoms. The van der Waals surface area contributed by atoms with Crippen molar-refractivity contribution in [3.05, 3.63) is 0 Å². The van der Waals surface area contributed by atoms with E-state index < -0.39 is 0 Å². The van der Waals surface area contributed by atoms with Crippen LogP contribution in [0.3, 0.4) is 0 Å². The van der Waals surface area contributed by atoms with E-state index in [0.717, 1.165) is 11.8 Å². The van der Waals surface area contributed by atoms with Gasteiger partial charge in [-0.15, -0.1) is 0 Å². The minimum Gasteiger partial charge on any atom is -0.327 e. The second-order valence-corrected chi connectivity index (χ2v) is 4.73. The van der Waals surface area contributed by atoms with Gasteiger partial charge in [0.15, 0.2) is 0 Å².